The van der Waals surface area contributed by atoms with Crippen molar-refractivity contribution in [2.45, 2.75) is 12.8 Å². The van der Waals surface area contributed by atoms with E-state index in [9.17, 15) is 8.42 Å². The maximum absolute atomic E-state index is 11.0. The predicted molar refractivity (Wildman–Crippen MR) is 98.5 cm³/mol. The Kier molecular flexibility index (Phi) is 6.95. The van der Waals surface area contributed by atoms with E-state index < -0.39 is 9.84 Å². The summed E-state index contributed by atoms with van der Waals surface area (Å²) in [6.07, 6.45) is 2.31. The first-order valence-electron chi connectivity index (χ1n) is 7.47. The van der Waals surface area contributed by atoms with Crippen LogP contribution in [0.2, 0.25) is 10.0 Å². The Labute approximate surface area is 156 Å². The Bertz CT molecular complexity index is 847. The Morgan fingerprint density at radius 2 is 1.96 bits per heavy atom. The summed E-state index contributed by atoms with van der Waals surface area (Å²) in [6.45, 7) is 0.576. The first kappa shape index (κ1) is 19.8. The lowest BCUT2D eigenvalue weighted by molar-refractivity contribution is 0.146. The number of hydrogen-bond donors (Lipinski definition) is 1. The van der Waals surface area contributed by atoms with Crippen LogP contribution < -0.4 is 5.73 Å². The molecule has 0 unspecified atom stereocenters. The van der Waals surface area contributed by atoms with Gasteiger partial charge in [0.1, 0.15) is 15.5 Å². The van der Waals surface area contributed by atoms with Crippen molar-refractivity contribution in [1.82, 2.24) is 15.2 Å². The zero-order valence-electron chi connectivity index (χ0n) is 13.6. The minimum atomic E-state index is -3.00. The van der Waals surface area contributed by atoms with Crippen LogP contribution in [-0.2, 0) is 21.0 Å². The smallest absolute Gasteiger partial charge is 0.154 e. The maximum Gasteiger partial charge on any atom is 0.154 e. The van der Waals surface area contributed by atoms with Gasteiger partial charge in [-0.2, -0.15) is 0 Å². The second kappa shape index (κ2) is 8.75. The molecule has 0 spiro atoms. The van der Waals surface area contributed by atoms with Gasteiger partial charge in [0.2, 0.25) is 0 Å². The molecule has 0 saturated heterocycles. The molecule has 2 N–H and O–H groups in total. The molecule has 1 aromatic carbocycles. The lowest BCUT2D eigenvalue weighted by Gasteiger charge is -2.08. The molecule has 1 heterocycles. The molecule has 2 aromatic rings. The Morgan fingerprint density at radius 3 is 2.64 bits per heavy atom. The van der Waals surface area contributed by atoms with Crippen LogP contribution in [0.1, 0.15) is 12.2 Å². The molecule has 0 amide bonds. The van der Waals surface area contributed by atoms with Crippen molar-refractivity contribution in [2.24, 2.45) is 0 Å². The molecule has 136 valence electrons. The Hall–Kier alpha value is -1.48. The first-order chi connectivity index (χ1) is 11.8. The fraction of sp³-hybridized carbons (Fsp3) is 0.400. The second-order valence-corrected chi connectivity index (χ2v) is 8.45. The SMILES string of the molecule is CS(=O)(=O)CCOCCCc1nnc(-c2cccc(Cl)c2Cl)c(N)n1. The fourth-order valence-electron chi connectivity index (χ4n) is 2.00. The van der Waals surface area contributed by atoms with Crippen LogP contribution >= 0.6 is 23.2 Å². The quantitative estimate of drug-likeness (QED) is 0.672. The minimum Gasteiger partial charge on any atom is -0.382 e. The topological polar surface area (TPSA) is 108 Å². The van der Waals surface area contributed by atoms with Gasteiger partial charge in [0.05, 0.1) is 22.4 Å². The van der Waals surface area contributed by atoms with Gasteiger partial charge in [0.25, 0.3) is 0 Å². The lowest BCUT2D eigenvalue weighted by Crippen LogP contribution is -2.11. The maximum atomic E-state index is 11.0. The van der Waals surface area contributed by atoms with Crippen LogP contribution in [0.3, 0.4) is 0 Å². The molecule has 0 fully saturated rings. The van der Waals surface area contributed by atoms with Gasteiger partial charge in [-0.25, -0.2) is 13.4 Å². The van der Waals surface area contributed by atoms with Crippen molar-refractivity contribution >= 4 is 38.9 Å². The van der Waals surface area contributed by atoms with Crippen molar-refractivity contribution in [3.8, 4) is 11.3 Å². The normalized spacial score (nSPS) is 11.6. The average Bonchev–Trinajstić information content (AvgIpc) is 2.53. The van der Waals surface area contributed by atoms with E-state index >= 15 is 0 Å². The zero-order chi connectivity index (χ0) is 18.4. The van der Waals surface area contributed by atoms with E-state index in [-0.39, 0.29) is 18.2 Å². The monoisotopic (exact) mass is 404 g/mol. The fourth-order valence-corrected chi connectivity index (χ4v) is 2.81. The van der Waals surface area contributed by atoms with Crippen LogP contribution in [0.25, 0.3) is 11.3 Å². The molecule has 0 aliphatic heterocycles. The standard InChI is InChI=1S/C15H18Cl2N4O3S/c1-25(22,23)9-8-24-7-3-6-12-19-15(18)14(21-20-12)10-4-2-5-11(16)13(10)17/h2,4-5H,3,6-9H2,1H3,(H2,18,19,20). The van der Waals surface area contributed by atoms with E-state index in [4.69, 9.17) is 33.7 Å². The summed E-state index contributed by atoms with van der Waals surface area (Å²) in [4.78, 5) is 4.23. The third-order valence-electron chi connectivity index (χ3n) is 3.25. The first-order valence-corrected chi connectivity index (χ1v) is 10.3. The van der Waals surface area contributed by atoms with Crippen molar-refractivity contribution in [3.63, 3.8) is 0 Å². The summed E-state index contributed by atoms with van der Waals surface area (Å²) in [6, 6.07) is 5.15. The molecule has 7 nitrogen and oxygen atoms in total. The van der Waals surface area contributed by atoms with Crippen molar-refractivity contribution in [1.29, 1.82) is 0 Å². The average molecular weight is 405 g/mol. The van der Waals surface area contributed by atoms with Gasteiger partial charge in [0.15, 0.2) is 11.6 Å². The molecule has 0 aliphatic carbocycles. The third-order valence-corrected chi connectivity index (χ3v) is 4.98. The van der Waals surface area contributed by atoms with Gasteiger partial charge in [-0.15, -0.1) is 10.2 Å². The van der Waals surface area contributed by atoms with Gasteiger partial charge in [-0.05, 0) is 12.5 Å². The number of anilines is 1. The molecule has 0 bridgehead atoms. The summed E-state index contributed by atoms with van der Waals surface area (Å²) < 4.78 is 27.2. The van der Waals surface area contributed by atoms with Crippen molar-refractivity contribution in [2.75, 3.05) is 31.0 Å². The van der Waals surface area contributed by atoms with E-state index in [2.05, 4.69) is 15.2 Å². The highest BCUT2D eigenvalue weighted by atomic mass is 35.5. The van der Waals surface area contributed by atoms with Crippen LogP contribution in [0.5, 0.6) is 0 Å². The molecule has 0 atom stereocenters. The summed E-state index contributed by atoms with van der Waals surface area (Å²) in [5, 5.41) is 8.89. The third kappa shape index (κ3) is 6.07. The van der Waals surface area contributed by atoms with Gasteiger partial charge in [-0.3, -0.25) is 0 Å². The number of rotatable bonds is 8. The summed E-state index contributed by atoms with van der Waals surface area (Å²) >= 11 is 12.2. The van der Waals surface area contributed by atoms with E-state index in [1.54, 1.807) is 18.2 Å². The Morgan fingerprint density at radius 1 is 1.20 bits per heavy atom. The molecule has 25 heavy (non-hydrogen) atoms. The number of halogens is 2. The minimum absolute atomic E-state index is 0.00704. The summed E-state index contributed by atoms with van der Waals surface area (Å²) in [5.41, 5.74) is 6.91. The molecular weight excluding hydrogens is 387 g/mol. The Balaban J connectivity index is 1.93. The van der Waals surface area contributed by atoms with E-state index in [0.29, 0.717) is 46.6 Å². The van der Waals surface area contributed by atoms with E-state index in [1.807, 2.05) is 0 Å². The molecule has 1 aromatic heterocycles. The number of aryl methyl sites for hydroxylation is 1. The molecule has 10 heteroatoms. The van der Waals surface area contributed by atoms with Crippen LogP contribution in [0.4, 0.5) is 5.82 Å². The van der Waals surface area contributed by atoms with Crippen molar-refractivity contribution < 1.29 is 13.2 Å². The van der Waals surface area contributed by atoms with Gasteiger partial charge >= 0.3 is 0 Å². The van der Waals surface area contributed by atoms with Crippen LogP contribution in [0.15, 0.2) is 18.2 Å². The zero-order valence-corrected chi connectivity index (χ0v) is 15.9. The highest BCUT2D eigenvalue weighted by molar-refractivity contribution is 7.90. The number of hydrogen-bond acceptors (Lipinski definition) is 7. The van der Waals surface area contributed by atoms with Crippen LogP contribution in [0, 0.1) is 0 Å². The number of benzene rings is 1. The second-order valence-electron chi connectivity index (χ2n) is 5.41. The largest absolute Gasteiger partial charge is 0.382 e. The number of ether oxygens (including phenoxy) is 1. The van der Waals surface area contributed by atoms with Gasteiger partial charge in [-0.1, -0.05) is 35.3 Å². The van der Waals surface area contributed by atoms with Crippen molar-refractivity contribution in [3.05, 3.63) is 34.1 Å². The number of aromatic nitrogens is 3. The molecular formula is C15H18Cl2N4O3S. The van der Waals surface area contributed by atoms with Gasteiger partial charge in [0, 0.05) is 24.8 Å². The predicted octanol–water partition coefficient (Wildman–Crippen LogP) is 2.42. The highest BCUT2D eigenvalue weighted by Crippen LogP contribution is 2.34. The number of nitrogens with zero attached hydrogens (tertiary/aromatic N) is 3. The number of sulfone groups is 1. The van der Waals surface area contributed by atoms with Crippen LogP contribution in [-0.4, -0.2) is 48.8 Å². The lowest BCUT2D eigenvalue weighted by atomic mass is 10.1. The molecule has 2 rings (SSSR count). The molecule has 0 saturated carbocycles. The molecule has 0 radical (unpaired) electrons. The van der Waals surface area contributed by atoms with Gasteiger partial charge < -0.3 is 10.5 Å². The van der Waals surface area contributed by atoms with E-state index in [0.717, 1.165) is 0 Å². The summed E-state index contributed by atoms with van der Waals surface area (Å²) in [5.74, 6) is 0.700. The number of nitrogens with two attached hydrogens (primary N) is 1. The summed E-state index contributed by atoms with van der Waals surface area (Å²) in [7, 11) is -3.00. The highest BCUT2D eigenvalue weighted by Gasteiger charge is 2.13. The molecule has 0 aliphatic rings. The number of nitrogen functional groups attached to an aromatic ring is 1. The van der Waals surface area contributed by atoms with E-state index in [1.165, 1.54) is 6.26 Å².